The Kier molecular flexibility index (Phi) is 5.75. The van der Waals surface area contributed by atoms with E-state index < -0.39 is 6.03 Å². The standard InChI is InChI=1S/C13H26N4O2/c1-10(11(18)16-12(19)14-3)15-9-13(2)5-7-17(4)8-6-13/h10,15H,5-9H2,1-4H3,(H2,14,16,18,19). The van der Waals surface area contributed by atoms with Crippen molar-refractivity contribution in [2.24, 2.45) is 5.41 Å². The number of amides is 3. The number of hydrogen-bond donors (Lipinski definition) is 3. The molecule has 0 aliphatic carbocycles. The lowest BCUT2D eigenvalue weighted by Crippen LogP contribution is -2.50. The molecule has 3 amide bonds. The Labute approximate surface area is 115 Å². The van der Waals surface area contributed by atoms with Crippen molar-refractivity contribution in [2.75, 3.05) is 33.7 Å². The molecule has 6 heteroatoms. The average molecular weight is 270 g/mol. The summed E-state index contributed by atoms with van der Waals surface area (Å²) in [6, 6.07) is -0.835. The normalized spacial score (nSPS) is 20.6. The topological polar surface area (TPSA) is 73.5 Å². The van der Waals surface area contributed by atoms with Gasteiger partial charge in [0.1, 0.15) is 0 Å². The molecule has 0 aromatic rings. The Morgan fingerprint density at radius 1 is 1.32 bits per heavy atom. The Bertz CT molecular complexity index is 325. The highest BCUT2D eigenvalue weighted by Crippen LogP contribution is 2.29. The summed E-state index contributed by atoms with van der Waals surface area (Å²) in [5, 5.41) is 7.87. The maximum Gasteiger partial charge on any atom is 0.321 e. The summed E-state index contributed by atoms with van der Waals surface area (Å²) < 4.78 is 0. The summed E-state index contributed by atoms with van der Waals surface area (Å²) in [4.78, 5) is 25.1. The van der Waals surface area contributed by atoms with Gasteiger partial charge in [-0.2, -0.15) is 0 Å². The number of piperidine rings is 1. The molecule has 1 atom stereocenters. The number of carbonyl (C=O) groups excluding carboxylic acids is 2. The zero-order chi connectivity index (χ0) is 14.5. The van der Waals surface area contributed by atoms with Crippen LogP contribution in [0.3, 0.4) is 0 Å². The van der Waals surface area contributed by atoms with Crippen molar-refractivity contribution >= 4 is 11.9 Å². The smallest absolute Gasteiger partial charge is 0.321 e. The monoisotopic (exact) mass is 270 g/mol. The number of rotatable bonds is 4. The van der Waals surface area contributed by atoms with Gasteiger partial charge in [0.15, 0.2) is 0 Å². The van der Waals surface area contributed by atoms with Crippen LogP contribution in [0.4, 0.5) is 4.79 Å². The van der Waals surface area contributed by atoms with Gasteiger partial charge in [-0.3, -0.25) is 10.1 Å². The zero-order valence-electron chi connectivity index (χ0n) is 12.4. The van der Waals surface area contributed by atoms with Gasteiger partial charge >= 0.3 is 6.03 Å². The number of imide groups is 1. The van der Waals surface area contributed by atoms with Crippen LogP contribution in [0.25, 0.3) is 0 Å². The van der Waals surface area contributed by atoms with E-state index in [1.54, 1.807) is 6.92 Å². The fourth-order valence-corrected chi connectivity index (χ4v) is 2.11. The van der Waals surface area contributed by atoms with E-state index in [2.05, 4.69) is 34.8 Å². The van der Waals surface area contributed by atoms with Crippen LogP contribution in [0.2, 0.25) is 0 Å². The fourth-order valence-electron chi connectivity index (χ4n) is 2.11. The first-order valence-electron chi connectivity index (χ1n) is 6.81. The lowest BCUT2D eigenvalue weighted by molar-refractivity contribution is -0.121. The molecule has 110 valence electrons. The molecule has 1 aliphatic rings. The predicted octanol–water partition coefficient (Wildman–Crippen LogP) is 0.152. The van der Waals surface area contributed by atoms with Crippen LogP contribution < -0.4 is 16.0 Å². The number of urea groups is 1. The Morgan fingerprint density at radius 2 is 1.89 bits per heavy atom. The minimum Gasteiger partial charge on any atom is -0.341 e. The lowest BCUT2D eigenvalue weighted by Gasteiger charge is -2.38. The van der Waals surface area contributed by atoms with Crippen LogP contribution in [-0.4, -0.2) is 56.6 Å². The third-order valence-corrected chi connectivity index (χ3v) is 3.89. The molecule has 6 nitrogen and oxygen atoms in total. The van der Waals surface area contributed by atoms with E-state index in [-0.39, 0.29) is 17.4 Å². The van der Waals surface area contributed by atoms with Crippen molar-refractivity contribution in [3.05, 3.63) is 0 Å². The fraction of sp³-hybridized carbons (Fsp3) is 0.846. The maximum atomic E-state index is 11.7. The van der Waals surface area contributed by atoms with Crippen molar-refractivity contribution in [1.82, 2.24) is 20.9 Å². The van der Waals surface area contributed by atoms with Gasteiger partial charge in [-0.15, -0.1) is 0 Å². The van der Waals surface area contributed by atoms with Crippen molar-refractivity contribution in [3.8, 4) is 0 Å². The Morgan fingerprint density at radius 3 is 2.42 bits per heavy atom. The third kappa shape index (κ3) is 5.16. The molecular weight excluding hydrogens is 244 g/mol. The molecule has 3 N–H and O–H groups in total. The molecule has 0 radical (unpaired) electrons. The number of hydrogen-bond acceptors (Lipinski definition) is 4. The zero-order valence-corrected chi connectivity index (χ0v) is 12.4. The average Bonchev–Trinajstić information content (AvgIpc) is 2.39. The maximum absolute atomic E-state index is 11.7. The van der Waals surface area contributed by atoms with Crippen LogP contribution >= 0.6 is 0 Å². The van der Waals surface area contributed by atoms with Gasteiger partial charge in [0.05, 0.1) is 6.04 Å². The number of likely N-dealkylation sites (tertiary alicyclic amines) is 1. The molecule has 0 spiro atoms. The van der Waals surface area contributed by atoms with Gasteiger partial charge in [-0.25, -0.2) is 4.79 Å². The Balaban J connectivity index is 2.35. The quantitative estimate of drug-likeness (QED) is 0.680. The van der Waals surface area contributed by atoms with E-state index in [1.165, 1.54) is 7.05 Å². The minimum atomic E-state index is -0.468. The van der Waals surface area contributed by atoms with Gasteiger partial charge in [-0.05, 0) is 45.3 Å². The summed E-state index contributed by atoms with van der Waals surface area (Å²) in [5.74, 6) is -0.295. The summed E-state index contributed by atoms with van der Waals surface area (Å²) in [6.07, 6.45) is 2.25. The molecule has 0 aromatic heterocycles. The van der Waals surface area contributed by atoms with Crippen LogP contribution in [-0.2, 0) is 4.79 Å². The van der Waals surface area contributed by atoms with Crippen LogP contribution in [0.1, 0.15) is 26.7 Å². The van der Waals surface area contributed by atoms with E-state index in [1.807, 2.05) is 0 Å². The minimum absolute atomic E-state index is 0.230. The molecule has 1 fully saturated rings. The highest BCUT2D eigenvalue weighted by molar-refractivity contribution is 5.96. The van der Waals surface area contributed by atoms with Crippen LogP contribution in [0.5, 0.6) is 0 Å². The van der Waals surface area contributed by atoms with Crippen LogP contribution in [0, 0.1) is 5.41 Å². The van der Waals surface area contributed by atoms with E-state index in [4.69, 9.17) is 0 Å². The van der Waals surface area contributed by atoms with Gasteiger partial charge in [0, 0.05) is 13.6 Å². The van der Waals surface area contributed by atoms with Gasteiger partial charge in [-0.1, -0.05) is 6.92 Å². The first kappa shape index (κ1) is 15.9. The molecule has 1 heterocycles. The largest absolute Gasteiger partial charge is 0.341 e. The third-order valence-electron chi connectivity index (χ3n) is 3.89. The second-order valence-corrected chi connectivity index (χ2v) is 5.78. The first-order chi connectivity index (χ1) is 8.86. The lowest BCUT2D eigenvalue weighted by atomic mass is 9.80. The molecular formula is C13H26N4O2. The van der Waals surface area contributed by atoms with E-state index in [9.17, 15) is 9.59 Å². The molecule has 1 saturated heterocycles. The molecule has 1 unspecified atom stereocenters. The SMILES string of the molecule is CNC(=O)NC(=O)C(C)NCC1(C)CCN(C)CC1. The van der Waals surface area contributed by atoms with Crippen molar-refractivity contribution in [3.63, 3.8) is 0 Å². The molecule has 1 rings (SSSR count). The second kappa shape index (κ2) is 6.86. The van der Waals surface area contributed by atoms with Crippen molar-refractivity contribution in [2.45, 2.75) is 32.7 Å². The number of nitrogens with one attached hydrogen (secondary N) is 3. The van der Waals surface area contributed by atoms with Gasteiger partial charge in [0.2, 0.25) is 5.91 Å². The first-order valence-corrected chi connectivity index (χ1v) is 6.81. The van der Waals surface area contributed by atoms with Crippen molar-refractivity contribution < 1.29 is 9.59 Å². The number of nitrogens with zero attached hydrogens (tertiary/aromatic N) is 1. The highest BCUT2D eigenvalue weighted by Gasteiger charge is 2.29. The van der Waals surface area contributed by atoms with E-state index >= 15 is 0 Å². The van der Waals surface area contributed by atoms with Crippen LogP contribution in [0.15, 0.2) is 0 Å². The molecule has 0 saturated carbocycles. The van der Waals surface area contributed by atoms with Gasteiger partial charge < -0.3 is 15.5 Å². The molecule has 1 aliphatic heterocycles. The Hall–Kier alpha value is -1.14. The van der Waals surface area contributed by atoms with E-state index in [0.29, 0.717) is 0 Å². The summed E-state index contributed by atoms with van der Waals surface area (Å²) in [6.45, 7) is 7.00. The highest BCUT2D eigenvalue weighted by atomic mass is 16.2. The summed E-state index contributed by atoms with van der Waals surface area (Å²) >= 11 is 0. The second-order valence-electron chi connectivity index (χ2n) is 5.78. The predicted molar refractivity (Wildman–Crippen MR) is 74.9 cm³/mol. The summed E-state index contributed by atoms with van der Waals surface area (Å²) in [7, 11) is 3.62. The number of carbonyl (C=O) groups is 2. The van der Waals surface area contributed by atoms with E-state index in [0.717, 1.165) is 32.5 Å². The summed E-state index contributed by atoms with van der Waals surface area (Å²) in [5.41, 5.74) is 0.230. The molecule has 19 heavy (non-hydrogen) atoms. The van der Waals surface area contributed by atoms with Gasteiger partial charge in [0.25, 0.3) is 0 Å². The molecule has 0 bridgehead atoms. The van der Waals surface area contributed by atoms with Crippen molar-refractivity contribution in [1.29, 1.82) is 0 Å². The molecule has 0 aromatic carbocycles.